The van der Waals surface area contributed by atoms with Gasteiger partial charge in [0.1, 0.15) is 0 Å². The number of nitriles is 1. The van der Waals surface area contributed by atoms with E-state index >= 15 is 0 Å². The molecule has 1 fully saturated rings. The molecule has 0 spiro atoms. The summed E-state index contributed by atoms with van der Waals surface area (Å²) in [5, 5.41) is 17.7. The molecule has 1 N–H and O–H groups in total. The highest BCUT2D eigenvalue weighted by Gasteiger charge is 2.42. The summed E-state index contributed by atoms with van der Waals surface area (Å²) in [6.07, 6.45) is 0.0781. The van der Waals surface area contributed by atoms with E-state index in [1.165, 1.54) is 15.7 Å². The molecule has 1 aliphatic rings. The first-order valence-electron chi connectivity index (χ1n) is 6.68. The van der Waals surface area contributed by atoms with E-state index in [-0.39, 0.29) is 45.1 Å². The van der Waals surface area contributed by atoms with E-state index in [4.69, 9.17) is 15.1 Å². The van der Waals surface area contributed by atoms with Gasteiger partial charge in [-0.05, 0) is 5.92 Å². The topological polar surface area (TPSA) is 111 Å². The predicted octanol–water partition coefficient (Wildman–Crippen LogP) is -0.254. The van der Waals surface area contributed by atoms with Crippen molar-refractivity contribution in [2.75, 3.05) is 39.9 Å². The van der Waals surface area contributed by atoms with Crippen molar-refractivity contribution in [3.8, 4) is 6.07 Å². The van der Waals surface area contributed by atoms with Crippen LogP contribution in [-0.2, 0) is 19.7 Å². The zero-order chi connectivity index (χ0) is 16.0. The maximum atomic E-state index is 12.6. The molecule has 0 bridgehead atoms. The third kappa shape index (κ3) is 4.38. The number of carboxylic acids is 1. The van der Waals surface area contributed by atoms with Gasteiger partial charge in [-0.2, -0.15) is 22.3 Å². The van der Waals surface area contributed by atoms with Gasteiger partial charge in [0.25, 0.3) is 10.2 Å². The molecule has 1 heterocycles. The summed E-state index contributed by atoms with van der Waals surface area (Å²) >= 11 is 0. The van der Waals surface area contributed by atoms with Crippen molar-refractivity contribution in [2.24, 2.45) is 11.8 Å². The van der Waals surface area contributed by atoms with Crippen molar-refractivity contribution in [3.63, 3.8) is 0 Å². The zero-order valence-corrected chi connectivity index (χ0v) is 13.0. The van der Waals surface area contributed by atoms with Gasteiger partial charge in [-0.3, -0.25) is 4.79 Å². The van der Waals surface area contributed by atoms with Crippen LogP contribution in [0.3, 0.4) is 0 Å². The molecule has 1 rings (SSSR count). The van der Waals surface area contributed by atoms with Gasteiger partial charge in [0, 0.05) is 39.7 Å². The fraction of sp³-hybridized carbons (Fsp3) is 0.833. The first-order valence-corrected chi connectivity index (χ1v) is 8.08. The molecule has 0 aromatic carbocycles. The lowest BCUT2D eigenvalue weighted by molar-refractivity contribution is -0.142. The Labute approximate surface area is 125 Å². The number of aliphatic carboxylic acids is 1. The van der Waals surface area contributed by atoms with Crippen molar-refractivity contribution in [1.82, 2.24) is 8.61 Å². The lowest BCUT2D eigenvalue weighted by Gasteiger charge is -2.26. The first kappa shape index (κ1) is 17.8. The van der Waals surface area contributed by atoms with Crippen molar-refractivity contribution in [3.05, 3.63) is 0 Å². The summed E-state index contributed by atoms with van der Waals surface area (Å²) in [7, 11) is -2.31. The Morgan fingerprint density at radius 2 is 2.14 bits per heavy atom. The standard InChI is InChI=1S/C12H21N3O5S/c1-10-8-15(9-11(10)12(16)17)21(18,19)14(5-3-4-13)6-7-20-2/h10-11H,3,5-9H2,1-2H3,(H,16,17)/t10-,11-/m1/s1. The molecule has 0 unspecified atom stereocenters. The SMILES string of the molecule is COCCN(CCC#N)S(=O)(=O)N1C[C@@H](C)[C@H](C(=O)O)C1. The third-order valence-corrected chi connectivity index (χ3v) is 5.53. The number of ether oxygens (including phenoxy) is 1. The summed E-state index contributed by atoms with van der Waals surface area (Å²) in [5.41, 5.74) is 0. The van der Waals surface area contributed by atoms with E-state index in [0.29, 0.717) is 0 Å². The first-order chi connectivity index (χ1) is 9.84. The Bertz CT molecular complexity index is 502. The Morgan fingerprint density at radius 3 is 2.62 bits per heavy atom. The van der Waals surface area contributed by atoms with Crippen LogP contribution in [0.15, 0.2) is 0 Å². The minimum Gasteiger partial charge on any atom is -0.481 e. The van der Waals surface area contributed by atoms with Gasteiger partial charge in [-0.1, -0.05) is 6.92 Å². The van der Waals surface area contributed by atoms with Crippen LogP contribution in [-0.4, -0.2) is 68.0 Å². The Morgan fingerprint density at radius 1 is 1.48 bits per heavy atom. The van der Waals surface area contributed by atoms with Crippen LogP contribution >= 0.6 is 0 Å². The van der Waals surface area contributed by atoms with Gasteiger partial charge in [-0.15, -0.1) is 0 Å². The fourth-order valence-corrected chi connectivity index (χ4v) is 4.03. The Hall–Kier alpha value is -1.21. The predicted molar refractivity (Wildman–Crippen MR) is 74.5 cm³/mol. The maximum Gasteiger partial charge on any atom is 0.308 e. The minimum absolute atomic E-state index is 0.0329. The normalized spacial score (nSPS) is 23.3. The zero-order valence-electron chi connectivity index (χ0n) is 12.2. The third-order valence-electron chi connectivity index (χ3n) is 3.57. The van der Waals surface area contributed by atoms with Gasteiger partial charge in [0.15, 0.2) is 0 Å². The summed E-state index contributed by atoms with van der Waals surface area (Å²) in [5.74, 6) is -1.92. The smallest absolute Gasteiger partial charge is 0.308 e. The molecule has 21 heavy (non-hydrogen) atoms. The van der Waals surface area contributed by atoms with E-state index in [9.17, 15) is 13.2 Å². The molecule has 1 saturated heterocycles. The van der Waals surface area contributed by atoms with Crippen molar-refractivity contribution in [2.45, 2.75) is 13.3 Å². The molecule has 0 aromatic heterocycles. The molecular weight excluding hydrogens is 298 g/mol. The minimum atomic E-state index is -3.77. The van der Waals surface area contributed by atoms with Crippen LogP contribution in [0.1, 0.15) is 13.3 Å². The highest BCUT2D eigenvalue weighted by atomic mass is 32.2. The molecular formula is C12H21N3O5S. The molecule has 2 atom stereocenters. The summed E-state index contributed by atoms with van der Waals surface area (Å²) in [6, 6.07) is 1.91. The number of carboxylic acid groups (broad SMARTS) is 1. The molecule has 8 nitrogen and oxygen atoms in total. The van der Waals surface area contributed by atoms with Crippen LogP contribution < -0.4 is 0 Å². The number of nitrogens with zero attached hydrogens (tertiary/aromatic N) is 3. The van der Waals surface area contributed by atoms with Crippen LogP contribution in [0.25, 0.3) is 0 Å². The van der Waals surface area contributed by atoms with Crippen LogP contribution in [0.2, 0.25) is 0 Å². The quantitative estimate of drug-likeness (QED) is 0.660. The van der Waals surface area contributed by atoms with Gasteiger partial charge in [-0.25, -0.2) is 0 Å². The molecule has 0 saturated carbocycles. The van der Waals surface area contributed by atoms with Crippen LogP contribution in [0.5, 0.6) is 0 Å². The lowest BCUT2D eigenvalue weighted by Crippen LogP contribution is -2.44. The van der Waals surface area contributed by atoms with Crippen LogP contribution in [0, 0.1) is 23.2 Å². The fourth-order valence-electron chi connectivity index (χ4n) is 2.31. The van der Waals surface area contributed by atoms with Crippen molar-refractivity contribution >= 4 is 16.2 Å². The summed E-state index contributed by atoms with van der Waals surface area (Å²) < 4.78 is 32.4. The van der Waals surface area contributed by atoms with E-state index < -0.39 is 22.1 Å². The van der Waals surface area contributed by atoms with Crippen molar-refractivity contribution in [1.29, 1.82) is 5.26 Å². The molecule has 0 amide bonds. The largest absolute Gasteiger partial charge is 0.481 e. The second-order valence-corrected chi connectivity index (χ2v) is 6.98. The van der Waals surface area contributed by atoms with Gasteiger partial charge in [0.05, 0.1) is 18.6 Å². The number of hydrogen-bond donors (Lipinski definition) is 1. The average Bonchev–Trinajstić information content (AvgIpc) is 2.81. The van der Waals surface area contributed by atoms with Crippen LogP contribution in [0.4, 0.5) is 0 Å². The lowest BCUT2D eigenvalue weighted by atomic mass is 9.99. The van der Waals surface area contributed by atoms with Crippen molar-refractivity contribution < 1.29 is 23.1 Å². The molecule has 120 valence electrons. The number of carbonyl (C=O) groups is 1. The highest BCUT2D eigenvalue weighted by Crippen LogP contribution is 2.26. The number of rotatable bonds is 8. The van der Waals surface area contributed by atoms with Gasteiger partial charge in [0.2, 0.25) is 0 Å². The van der Waals surface area contributed by atoms with E-state index in [0.717, 1.165) is 0 Å². The Balaban J connectivity index is 2.85. The summed E-state index contributed by atoms with van der Waals surface area (Å²) in [6.45, 7) is 2.30. The second-order valence-electron chi connectivity index (χ2n) is 5.05. The maximum absolute atomic E-state index is 12.6. The number of hydrogen-bond acceptors (Lipinski definition) is 5. The van der Waals surface area contributed by atoms with E-state index in [1.54, 1.807) is 6.92 Å². The highest BCUT2D eigenvalue weighted by molar-refractivity contribution is 7.86. The van der Waals surface area contributed by atoms with Gasteiger partial charge < -0.3 is 9.84 Å². The average molecular weight is 319 g/mol. The second kappa shape index (κ2) is 7.70. The molecule has 9 heteroatoms. The molecule has 1 aliphatic heterocycles. The number of methoxy groups -OCH3 is 1. The molecule has 0 aromatic rings. The molecule has 0 radical (unpaired) electrons. The summed E-state index contributed by atoms with van der Waals surface area (Å²) in [4.78, 5) is 11.1. The van der Waals surface area contributed by atoms with Gasteiger partial charge >= 0.3 is 5.97 Å². The Kier molecular flexibility index (Phi) is 6.54. The molecule has 0 aliphatic carbocycles. The van der Waals surface area contributed by atoms with E-state index in [2.05, 4.69) is 0 Å². The van der Waals surface area contributed by atoms with E-state index in [1.807, 2.05) is 6.07 Å². The monoisotopic (exact) mass is 319 g/mol.